The van der Waals surface area contributed by atoms with Gasteiger partial charge in [-0.15, -0.1) is 24.0 Å². The highest BCUT2D eigenvalue weighted by atomic mass is 127. The quantitative estimate of drug-likeness (QED) is 0.402. The molecule has 1 aliphatic heterocycles. The third-order valence-electron chi connectivity index (χ3n) is 4.40. The first-order valence-electron chi connectivity index (χ1n) is 9.16. The molecule has 0 aliphatic carbocycles. The lowest BCUT2D eigenvalue weighted by Crippen LogP contribution is -2.38. The lowest BCUT2D eigenvalue weighted by molar-refractivity contribution is 0.296. The van der Waals surface area contributed by atoms with Gasteiger partial charge in [-0.1, -0.05) is 12.1 Å². The van der Waals surface area contributed by atoms with E-state index in [0.717, 1.165) is 42.5 Å². The number of aryl methyl sites for hydroxylation is 1. The number of hydrogen-bond acceptors (Lipinski definition) is 3. The molecule has 0 saturated carbocycles. The number of aromatic nitrogens is 1. The van der Waals surface area contributed by atoms with E-state index in [9.17, 15) is 0 Å². The lowest BCUT2D eigenvalue weighted by Gasteiger charge is -2.22. The number of fused-ring (bicyclic) bond motifs is 1. The average Bonchev–Trinajstić information content (AvgIpc) is 2.90. The van der Waals surface area contributed by atoms with Gasteiger partial charge in [-0.3, -0.25) is 0 Å². The first kappa shape index (κ1) is 21.4. The van der Waals surface area contributed by atoms with Crippen molar-refractivity contribution < 1.29 is 9.47 Å². The van der Waals surface area contributed by atoms with Crippen LogP contribution in [-0.2, 0) is 20.1 Å². The molecule has 1 aliphatic rings. The van der Waals surface area contributed by atoms with Gasteiger partial charge in [0.15, 0.2) is 17.5 Å². The normalized spacial score (nSPS) is 13.5. The highest BCUT2D eigenvalue weighted by Gasteiger charge is 2.15. The summed E-state index contributed by atoms with van der Waals surface area (Å²) in [7, 11) is 4.11. The second kappa shape index (κ2) is 10.4. The average molecular weight is 484 g/mol. The van der Waals surface area contributed by atoms with Crippen LogP contribution in [0, 0.1) is 0 Å². The first-order chi connectivity index (χ1) is 12.7. The Hall–Kier alpha value is -1.90. The number of hydrogen-bond donors (Lipinski definition) is 1. The maximum absolute atomic E-state index is 5.90. The van der Waals surface area contributed by atoms with Gasteiger partial charge in [-0.25, -0.2) is 4.99 Å². The Bertz CT molecular complexity index is 760. The summed E-state index contributed by atoms with van der Waals surface area (Å²) in [6, 6.07) is 10.2. The first-order valence-corrected chi connectivity index (χ1v) is 9.16. The summed E-state index contributed by atoms with van der Waals surface area (Å²) in [5, 5.41) is 3.37. The monoisotopic (exact) mass is 484 g/mol. The minimum atomic E-state index is 0. The number of rotatable bonds is 5. The molecule has 27 heavy (non-hydrogen) atoms. The predicted molar refractivity (Wildman–Crippen MR) is 119 cm³/mol. The molecule has 0 radical (unpaired) electrons. The number of guanidine groups is 1. The summed E-state index contributed by atoms with van der Waals surface area (Å²) >= 11 is 0. The van der Waals surface area contributed by atoms with Crippen molar-refractivity contribution in [2.45, 2.75) is 26.4 Å². The highest BCUT2D eigenvalue weighted by Crippen LogP contribution is 2.33. The summed E-state index contributed by atoms with van der Waals surface area (Å²) in [4.78, 5) is 6.96. The summed E-state index contributed by atoms with van der Waals surface area (Å²) in [6.45, 7) is 5.62. The van der Waals surface area contributed by atoms with Crippen molar-refractivity contribution in [2.75, 3.05) is 26.8 Å². The molecule has 0 atom stereocenters. The van der Waals surface area contributed by atoms with Gasteiger partial charge < -0.3 is 24.3 Å². The van der Waals surface area contributed by atoms with Crippen LogP contribution in [0.1, 0.15) is 24.6 Å². The van der Waals surface area contributed by atoms with E-state index in [1.165, 1.54) is 5.69 Å². The topological polar surface area (TPSA) is 51.0 Å². The Morgan fingerprint density at radius 2 is 2.04 bits per heavy atom. The van der Waals surface area contributed by atoms with Gasteiger partial charge >= 0.3 is 0 Å². The maximum atomic E-state index is 5.90. The largest absolute Gasteiger partial charge is 0.490 e. The van der Waals surface area contributed by atoms with Gasteiger partial charge in [0.2, 0.25) is 0 Å². The Morgan fingerprint density at radius 1 is 1.22 bits per heavy atom. The van der Waals surface area contributed by atoms with Gasteiger partial charge in [-0.05, 0) is 25.1 Å². The zero-order valence-electron chi connectivity index (χ0n) is 16.3. The molecule has 2 heterocycles. The molecular weight excluding hydrogens is 455 g/mol. The molecule has 0 fully saturated rings. The minimum Gasteiger partial charge on any atom is -0.490 e. The summed E-state index contributed by atoms with van der Waals surface area (Å²) in [5.74, 6) is 2.52. The molecule has 7 heteroatoms. The van der Waals surface area contributed by atoms with E-state index in [2.05, 4.69) is 60.2 Å². The summed E-state index contributed by atoms with van der Waals surface area (Å²) in [6.07, 6.45) is 2.96. The van der Waals surface area contributed by atoms with E-state index in [0.29, 0.717) is 19.8 Å². The third-order valence-corrected chi connectivity index (χ3v) is 4.40. The predicted octanol–water partition coefficient (Wildman–Crippen LogP) is 3.40. The zero-order chi connectivity index (χ0) is 18.4. The standard InChI is InChI=1S/C20H28N4O2.HI/c1-4-21-20(24(3)15-17-9-6-11-23(17)2)22-14-16-8-5-10-18-19(16)26-13-7-12-25-18;/h5-6,8-11H,4,7,12-15H2,1-3H3,(H,21,22);1H. The molecule has 0 unspecified atom stereocenters. The van der Waals surface area contributed by atoms with E-state index in [1.807, 2.05) is 12.1 Å². The lowest BCUT2D eigenvalue weighted by atomic mass is 10.2. The van der Waals surface area contributed by atoms with Gasteiger partial charge in [0, 0.05) is 44.5 Å². The van der Waals surface area contributed by atoms with Crippen LogP contribution in [0.4, 0.5) is 0 Å². The molecule has 0 spiro atoms. The number of para-hydroxylation sites is 1. The van der Waals surface area contributed by atoms with Gasteiger partial charge in [0.1, 0.15) is 0 Å². The highest BCUT2D eigenvalue weighted by molar-refractivity contribution is 14.0. The van der Waals surface area contributed by atoms with E-state index in [4.69, 9.17) is 14.5 Å². The van der Waals surface area contributed by atoms with Crippen molar-refractivity contribution in [3.63, 3.8) is 0 Å². The Morgan fingerprint density at radius 3 is 2.78 bits per heavy atom. The van der Waals surface area contributed by atoms with Crippen molar-refractivity contribution in [1.29, 1.82) is 0 Å². The molecule has 148 valence electrons. The van der Waals surface area contributed by atoms with Crippen LogP contribution in [-0.4, -0.2) is 42.2 Å². The van der Waals surface area contributed by atoms with E-state index in [-0.39, 0.29) is 24.0 Å². The maximum Gasteiger partial charge on any atom is 0.194 e. The van der Waals surface area contributed by atoms with Crippen LogP contribution < -0.4 is 14.8 Å². The molecule has 1 N–H and O–H groups in total. The second-order valence-corrected chi connectivity index (χ2v) is 6.43. The van der Waals surface area contributed by atoms with E-state index >= 15 is 0 Å². The van der Waals surface area contributed by atoms with Crippen molar-refractivity contribution in [2.24, 2.45) is 12.0 Å². The molecule has 2 aromatic rings. The molecule has 0 amide bonds. The fourth-order valence-corrected chi connectivity index (χ4v) is 2.99. The second-order valence-electron chi connectivity index (χ2n) is 6.43. The van der Waals surface area contributed by atoms with Gasteiger partial charge in [0.05, 0.1) is 26.3 Å². The van der Waals surface area contributed by atoms with E-state index in [1.54, 1.807) is 0 Å². The molecular formula is C20H29IN4O2. The van der Waals surface area contributed by atoms with Crippen molar-refractivity contribution >= 4 is 29.9 Å². The molecule has 6 nitrogen and oxygen atoms in total. The zero-order valence-corrected chi connectivity index (χ0v) is 18.6. The molecule has 1 aromatic heterocycles. The molecule has 1 aromatic carbocycles. The van der Waals surface area contributed by atoms with Crippen molar-refractivity contribution in [3.8, 4) is 11.5 Å². The van der Waals surface area contributed by atoms with Crippen molar-refractivity contribution in [3.05, 3.63) is 47.8 Å². The SMILES string of the molecule is CCNC(=NCc1cccc2c1OCCCO2)N(C)Cc1cccn1C.I. The van der Waals surface area contributed by atoms with Gasteiger partial charge in [0.25, 0.3) is 0 Å². The molecule has 0 bridgehead atoms. The molecule has 3 rings (SSSR count). The van der Waals surface area contributed by atoms with Crippen LogP contribution in [0.5, 0.6) is 11.5 Å². The summed E-state index contributed by atoms with van der Waals surface area (Å²) < 4.78 is 13.8. The van der Waals surface area contributed by atoms with E-state index < -0.39 is 0 Å². The number of ether oxygens (including phenoxy) is 2. The van der Waals surface area contributed by atoms with Crippen LogP contribution in [0.3, 0.4) is 0 Å². The van der Waals surface area contributed by atoms with Crippen LogP contribution in [0.15, 0.2) is 41.5 Å². The number of nitrogens with one attached hydrogen (secondary N) is 1. The summed E-state index contributed by atoms with van der Waals surface area (Å²) in [5.41, 5.74) is 2.29. The van der Waals surface area contributed by atoms with Crippen LogP contribution in [0.2, 0.25) is 0 Å². The fraction of sp³-hybridized carbons (Fsp3) is 0.450. The number of aliphatic imine (C=N–C) groups is 1. The van der Waals surface area contributed by atoms with Gasteiger partial charge in [-0.2, -0.15) is 0 Å². The van der Waals surface area contributed by atoms with Crippen LogP contribution >= 0.6 is 24.0 Å². The number of halogens is 1. The Balaban J connectivity index is 0.00000261. The smallest absolute Gasteiger partial charge is 0.194 e. The fourth-order valence-electron chi connectivity index (χ4n) is 2.99. The minimum absolute atomic E-state index is 0. The molecule has 0 saturated heterocycles. The number of nitrogens with zero attached hydrogens (tertiary/aromatic N) is 3. The number of benzene rings is 1. The Kier molecular flexibility index (Phi) is 8.27. The van der Waals surface area contributed by atoms with Crippen LogP contribution in [0.25, 0.3) is 0 Å². The third kappa shape index (κ3) is 5.54. The Labute approximate surface area is 178 Å². The van der Waals surface area contributed by atoms with Crippen molar-refractivity contribution in [1.82, 2.24) is 14.8 Å².